The van der Waals surface area contributed by atoms with Crippen LogP contribution in [0, 0.1) is 22.7 Å². The first kappa shape index (κ1) is 14.0. The van der Waals surface area contributed by atoms with Crippen molar-refractivity contribution in [3.63, 3.8) is 0 Å². The molecule has 0 saturated heterocycles. The van der Waals surface area contributed by atoms with E-state index in [4.69, 9.17) is 15.3 Å². The second-order valence-electron chi connectivity index (χ2n) is 3.77. The molecule has 0 radical (unpaired) electrons. The highest BCUT2D eigenvalue weighted by Gasteiger charge is 1.99. The third-order valence-electron chi connectivity index (χ3n) is 2.35. The Bertz CT molecular complexity index is 681. The number of hydrogen-bond acceptors (Lipinski definition) is 7. The van der Waals surface area contributed by atoms with Gasteiger partial charge in [0, 0.05) is 12.4 Å². The van der Waals surface area contributed by atoms with Gasteiger partial charge in [0.1, 0.15) is 24.5 Å². The molecular formula is C14H10N6O. The minimum absolute atomic E-state index is 0.239. The Kier molecular flexibility index (Phi) is 4.80. The Morgan fingerprint density at radius 2 is 1.81 bits per heavy atom. The fourth-order valence-electron chi connectivity index (χ4n) is 1.37. The van der Waals surface area contributed by atoms with Gasteiger partial charge in [-0.25, -0.2) is 9.97 Å². The molecule has 0 aliphatic heterocycles. The number of anilines is 1. The van der Waals surface area contributed by atoms with Gasteiger partial charge in [-0.05, 0) is 30.3 Å². The zero-order chi connectivity index (χ0) is 14.9. The lowest BCUT2D eigenvalue weighted by molar-refractivity contribution is 0.296. The van der Waals surface area contributed by atoms with Gasteiger partial charge in [0.25, 0.3) is 0 Å². The number of hydrogen-bond donors (Lipinski definition) is 1. The van der Waals surface area contributed by atoms with E-state index in [1.807, 2.05) is 0 Å². The van der Waals surface area contributed by atoms with Crippen molar-refractivity contribution in [1.29, 1.82) is 10.5 Å². The lowest BCUT2D eigenvalue weighted by atomic mass is 10.3. The number of hydrazone groups is 1. The minimum atomic E-state index is -0.239. The summed E-state index contributed by atoms with van der Waals surface area (Å²) in [5.74, 6) is 1.25. The molecule has 102 valence electrons. The Hall–Kier alpha value is -3.45. The van der Waals surface area contributed by atoms with E-state index in [2.05, 4.69) is 20.5 Å². The van der Waals surface area contributed by atoms with Crippen LogP contribution in [0.25, 0.3) is 0 Å². The van der Waals surface area contributed by atoms with Crippen LogP contribution in [-0.4, -0.2) is 15.7 Å². The zero-order valence-corrected chi connectivity index (χ0v) is 10.9. The topological polar surface area (TPSA) is 107 Å². The molecule has 0 atom stereocenters. The number of nitrogens with one attached hydrogen (secondary N) is 1. The van der Waals surface area contributed by atoms with E-state index >= 15 is 0 Å². The summed E-state index contributed by atoms with van der Waals surface area (Å²) >= 11 is 0. The smallest absolute Gasteiger partial charge is 0.237 e. The van der Waals surface area contributed by atoms with Gasteiger partial charge in [0.15, 0.2) is 5.82 Å². The van der Waals surface area contributed by atoms with Crippen molar-refractivity contribution in [1.82, 2.24) is 9.97 Å². The van der Waals surface area contributed by atoms with Crippen molar-refractivity contribution in [3.8, 4) is 17.9 Å². The quantitative estimate of drug-likeness (QED) is 0.660. The first-order valence-electron chi connectivity index (χ1n) is 5.94. The predicted octanol–water partition coefficient (Wildman–Crippen LogP) is 1.87. The number of ether oxygens (including phenoxy) is 1. The second kappa shape index (κ2) is 7.22. The molecule has 1 heterocycles. The van der Waals surface area contributed by atoms with Gasteiger partial charge in [-0.2, -0.15) is 15.6 Å². The average molecular weight is 278 g/mol. The monoisotopic (exact) mass is 278 g/mol. The maximum atomic E-state index is 8.55. The van der Waals surface area contributed by atoms with Crippen LogP contribution in [0.1, 0.15) is 5.82 Å². The van der Waals surface area contributed by atoms with E-state index in [9.17, 15) is 0 Å². The molecule has 0 bridgehead atoms. The lowest BCUT2D eigenvalue weighted by Gasteiger charge is -2.06. The summed E-state index contributed by atoms with van der Waals surface area (Å²) in [5.41, 5.74) is 3.01. The van der Waals surface area contributed by atoms with Crippen LogP contribution in [0.2, 0.25) is 0 Å². The third-order valence-corrected chi connectivity index (χ3v) is 2.35. The van der Waals surface area contributed by atoms with Crippen molar-refractivity contribution in [2.24, 2.45) is 5.10 Å². The first-order valence-corrected chi connectivity index (χ1v) is 5.94. The van der Waals surface area contributed by atoms with Crippen molar-refractivity contribution < 1.29 is 4.74 Å². The Morgan fingerprint density at radius 3 is 2.43 bits per heavy atom. The van der Waals surface area contributed by atoms with Gasteiger partial charge in [-0.1, -0.05) is 0 Å². The normalized spacial score (nSPS) is 9.05. The van der Waals surface area contributed by atoms with E-state index in [1.54, 1.807) is 54.9 Å². The molecule has 0 unspecified atom stereocenters. The van der Waals surface area contributed by atoms with Gasteiger partial charge >= 0.3 is 0 Å². The summed E-state index contributed by atoms with van der Waals surface area (Å²) in [7, 11) is 0. The van der Waals surface area contributed by atoms with E-state index in [0.29, 0.717) is 17.3 Å². The molecule has 0 amide bonds. The fourth-order valence-corrected chi connectivity index (χ4v) is 1.37. The lowest BCUT2D eigenvalue weighted by Crippen LogP contribution is -2.00. The van der Waals surface area contributed by atoms with Gasteiger partial charge in [0.2, 0.25) is 5.71 Å². The first-order chi connectivity index (χ1) is 10.3. The van der Waals surface area contributed by atoms with E-state index in [0.717, 1.165) is 0 Å². The van der Waals surface area contributed by atoms with Crippen LogP contribution in [0.4, 0.5) is 5.69 Å². The van der Waals surface area contributed by atoms with Crippen molar-refractivity contribution >= 4 is 11.4 Å². The van der Waals surface area contributed by atoms with Crippen molar-refractivity contribution in [2.75, 3.05) is 5.43 Å². The molecule has 7 nitrogen and oxygen atoms in total. The van der Waals surface area contributed by atoms with Crippen LogP contribution in [0.3, 0.4) is 0 Å². The Labute approximate surface area is 121 Å². The fraction of sp³-hybridized carbons (Fsp3) is 0.0714. The van der Waals surface area contributed by atoms with Crippen molar-refractivity contribution in [3.05, 3.63) is 48.5 Å². The van der Waals surface area contributed by atoms with E-state index in [1.165, 1.54) is 0 Å². The molecule has 0 saturated carbocycles. The molecule has 2 aromatic rings. The summed E-state index contributed by atoms with van der Waals surface area (Å²) in [5, 5.41) is 20.7. The highest BCUT2D eigenvalue weighted by atomic mass is 16.5. The van der Waals surface area contributed by atoms with Crippen LogP contribution < -0.4 is 10.2 Å². The van der Waals surface area contributed by atoms with Gasteiger partial charge in [-0.15, -0.1) is 0 Å². The van der Waals surface area contributed by atoms with Crippen LogP contribution in [-0.2, 0) is 6.61 Å². The highest BCUT2D eigenvalue weighted by molar-refractivity contribution is 6.10. The molecule has 0 fully saturated rings. The molecule has 21 heavy (non-hydrogen) atoms. The Morgan fingerprint density at radius 1 is 1.14 bits per heavy atom. The maximum absolute atomic E-state index is 8.55. The number of aromatic nitrogens is 2. The SMILES string of the molecule is N#CC(C#N)=NNc1ccc(OCc2ncccn2)cc1. The summed E-state index contributed by atoms with van der Waals surface area (Å²) in [6.45, 7) is 0.277. The largest absolute Gasteiger partial charge is 0.486 e. The highest BCUT2D eigenvalue weighted by Crippen LogP contribution is 2.16. The molecule has 1 aromatic carbocycles. The molecule has 1 aromatic heterocycles. The van der Waals surface area contributed by atoms with Crippen LogP contribution in [0.5, 0.6) is 5.75 Å². The predicted molar refractivity (Wildman–Crippen MR) is 75.1 cm³/mol. The second-order valence-corrected chi connectivity index (χ2v) is 3.77. The van der Waals surface area contributed by atoms with E-state index in [-0.39, 0.29) is 12.3 Å². The number of benzene rings is 1. The number of rotatable bonds is 5. The molecule has 1 N–H and O–H groups in total. The number of nitriles is 2. The summed E-state index contributed by atoms with van der Waals surface area (Å²) in [6, 6.07) is 12.0. The summed E-state index contributed by atoms with van der Waals surface area (Å²) < 4.78 is 5.52. The van der Waals surface area contributed by atoms with E-state index < -0.39 is 0 Å². The summed E-state index contributed by atoms with van der Waals surface area (Å²) in [6.07, 6.45) is 3.30. The van der Waals surface area contributed by atoms with Crippen LogP contribution in [0.15, 0.2) is 47.8 Å². The molecular weight excluding hydrogens is 268 g/mol. The molecule has 0 spiro atoms. The minimum Gasteiger partial charge on any atom is -0.486 e. The zero-order valence-electron chi connectivity index (χ0n) is 10.9. The maximum Gasteiger partial charge on any atom is 0.237 e. The van der Waals surface area contributed by atoms with Gasteiger partial charge in [0.05, 0.1) is 5.69 Å². The van der Waals surface area contributed by atoms with Crippen molar-refractivity contribution in [2.45, 2.75) is 6.61 Å². The Balaban J connectivity index is 1.92. The standard InChI is InChI=1S/C14H10N6O/c15-8-12(9-16)20-19-11-2-4-13(5-3-11)21-10-14-17-6-1-7-18-14/h1-7,19H,10H2. The molecule has 0 aliphatic carbocycles. The third kappa shape index (κ3) is 4.30. The van der Waals surface area contributed by atoms with Crippen LogP contribution >= 0.6 is 0 Å². The molecule has 0 aliphatic rings. The average Bonchev–Trinajstić information content (AvgIpc) is 2.56. The van der Waals surface area contributed by atoms with Gasteiger partial charge in [-0.3, -0.25) is 5.43 Å². The van der Waals surface area contributed by atoms with Gasteiger partial charge < -0.3 is 4.74 Å². The molecule has 7 heteroatoms. The summed E-state index contributed by atoms with van der Waals surface area (Å²) in [4.78, 5) is 8.10. The molecule has 2 rings (SSSR count). The number of nitrogens with zero attached hydrogens (tertiary/aromatic N) is 5.